The van der Waals surface area contributed by atoms with E-state index in [-0.39, 0.29) is 30.2 Å². The summed E-state index contributed by atoms with van der Waals surface area (Å²) < 4.78 is 13.0. The number of amides is 2. The number of halogens is 1. The summed E-state index contributed by atoms with van der Waals surface area (Å²) in [6.45, 7) is 3.24. The first kappa shape index (κ1) is 19.5. The molecule has 0 bridgehead atoms. The Morgan fingerprint density at radius 1 is 1.07 bits per heavy atom. The highest BCUT2D eigenvalue weighted by Gasteiger charge is 2.31. The second kappa shape index (κ2) is 8.71. The summed E-state index contributed by atoms with van der Waals surface area (Å²) >= 11 is 0. The van der Waals surface area contributed by atoms with E-state index in [1.165, 1.54) is 17.7 Å². The maximum atomic E-state index is 13.0. The first-order valence-electron chi connectivity index (χ1n) is 9.99. The maximum Gasteiger partial charge on any atom is 0.241 e. The summed E-state index contributed by atoms with van der Waals surface area (Å²) in [6.07, 6.45) is 1.67. The molecule has 2 aromatic rings. The van der Waals surface area contributed by atoms with Crippen molar-refractivity contribution < 1.29 is 14.0 Å². The molecule has 152 valence electrons. The number of carbonyl (C=O) groups is 2. The van der Waals surface area contributed by atoms with Crippen LogP contribution in [0.3, 0.4) is 0 Å². The van der Waals surface area contributed by atoms with Crippen molar-refractivity contribution in [2.45, 2.75) is 18.9 Å². The van der Waals surface area contributed by atoms with E-state index in [1.54, 1.807) is 12.1 Å². The highest BCUT2D eigenvalue weighted by molar-refractivity contribution is 5.96. The fourth-order valence-corrected chi connectivity index (χ4v) is 4.02. The van der Waals surface area contributed by atoms with Gasteiger partial charge in [-0.3, -0.25) is 19.4 Å². The van der Waals surface area contributed by atoms with Crippen LogP contribution in [-0.2, 0) is 16.0 Å². The predicted octanol–water partition coefficient (Wildman–Crippen LogP) is 2.34. The molecule has 4 rings (SSSR count). The molecule has 1 unspecified atom stereocenters. The fraction of sp³-hybridized carbons (Fsp3) is 0.364. The van der Waals surface area contributed by atoms with E-state index in [1.807, 2.05) is 18.2 Å². The first-order chi connectivity index (χ1) is 14.1. The Hall–Kier alpha value is -2.77. The van der Waals surface area contributed by atoms with Crippen LogP contribution in [0.5, 0.6) is 0 Å². The van der Waals surface area contributed by atoms with Crippen molar-refractivity contribution >= 4 is 23.2 Å². The van der Waals surface area contributed by atoms with Crippen LogP contribution in [0, 0.1) is 5.82 Å². The van der Waals surface area contributed by atoms with Crippen molar-refractivity contribution in [2.24, 2.45) is 0 Å². The average molecular weight is 396 g/mol. The van der Waals surface area contributed by atoms with Gasteiger partial charge in [0.2, 0.25) is 11.8 Å². The number of fused-ring (bicyclic) bond motifs is 1. The number of piperazine rings is 1. The van der Waals surface area contributed by atoms with Gasteiger partial charge in [0.15, 0.2) is 0 Å². The zero-order valence-corrected chi connectivity index (χ0v) is 16.2. The van der Waals surface area contributed by atoms with E-state index < -0.39 is 0 Å². The van der Waals surface area contributed by atoms with Crippen molar-refractivity contribution in [1.29, 1.82) is 0 Å². The quantitative estimate of drug-likeness (QED) is 0.833. The van der Waals surface area contributed by atoms with Gasteiger partial charge in [-0.2, -0.15) is 0 Å². The van der Waals surface area contributed by atoms with Crippen LogP contribution in [0.4, 0.5) is 15.8 Å². The molecule has 2 aliphatic heterocycles. The van der Waals surface area contributed by atoms with Crippen molar-refractivity contribution in [3.8, 4) is 0 Å². The third kappa shape index (κ3) is 4.81. The number of nitrogens with one attached hydrogen (secondary N) is 2. The van der Waals surface area contributed by atoms with E-state index in [4.69, 9.17) is 0 Å². The van der Waals surface area contributed by atoms with Crippen LogP contribution < -0.4 is 10.6 Å². The van der Waals surface area contributed by atoms with Crippen LogP contribution >= 0.6 is 0 Å². The number of carbonyl (C=O) groups excluding carboxylic acids is 2. The lowest BCUT2D eigenvalue weighted by Gasteiger charge is -2.37. The highest BCUT2D eigenvalue weighted by atomic mass is 19.1. The minimum Gasteiger partial charge on any atom is -0.325 e. The first-order valence-corrected chi connectivity index (χ1v) is 9.99. The van der Waals surface area contributed by atoms with Gasteiger partial charge in [0.05, 0.1) is 12.6 Å². The standard InChI is InChI=1S/C22H25FN4O2/c23-17-6-8-18(9-7-17)24-21(28)15-26-11-13-27(14-12-26)20-10-5-16-3-1-2-4-19(16)25-22(20)29/h1-4,6-9,20H,5,10-15H2,(H,24,28)(H,25,29). The molecule has 0 radical (unpaired) electrons. The molecule has 2 heterocycles. The van der Waals surface area contributed by atoms with Gasteiger partial charge >= 0.3 is 0 Å². The number of anilines is 2. The van der Waals surface area contributed by atoms with Crippen LogP contribution in [0.2, 0.25) is 0 Å². The van der Waals surface area contributed by atoms with Gasteiger partial charge in [0.25, 0.3) is 0 Å². The van der Waals surface area contributed by atoms with E-state index in [0.717, 1.165) is 44.7 Å². The Morgan fingerprint density at radius 2 is 1.79 bits per heavy atom. The fourth-order valence-electron chi connectivity index (χ4n) is 4.02. The molecule has 2 amide bonds. The van der Waals surface area contributed by atoms with Crippen LogP contribution in [0.1, 0.15) is 12.0 Å². The third-order valence-corrected chi connectivity index (χ3v) is 5.61. The SMILES string of the molecule is O=C(CN1CCN(C2CCc3ccccc3NC2=O)CC1)Nc1ccc(F)cc1. The molecule has 0 aromatic heterocycles. The lowest BCUT2D eigenvalue weighted by molar-refractivity contribution is -0.123. The van der Waals surface area contributed by atoms with E-state index in [9.17, 15) is 14.0 Å². The van der Waals surface area contributed by atoms with Gasteiger partial charge < -0.3 is 10.6 Å². The normalized spacial score (nSPS) is 20.4. The minimum absolute atomic E-state index is 0.0532. The van der Waals surface area contributed by atoms with Gasteiger partial charge in [-0.25, -0.2) is 4.39 Å². The molecule has 1 fully saturated rings. The molecule has 0 spiro atoms. The molecule has 0 saturated carbocycles. The van der Waals surface area contributed by atoms with Crippen molar-refractivity contribution in [2.75, 3.05) is 43.4 Å². The second-order valence-electron chi connectivity index (χ2n) is 7.57. The minimum atomic E-state index is -0.329. The monoisotopic (exact) mass is 396 g/mol. The molecule has 7 heteroatoms. The second-order valence-corrected chi connectivity index (χ2v) is 7.57. The summed E-state index contributed by atoms with van der Waals surface area (Å²) in [4.78, 5) is 29.3. The van der Waals surface area contributed by atoms with Gasteiger partial charge in [-0.15, -0.1) is 0 Å². The molecule has 2 aliphatic rings. The van der Waals surface area contributed by atoms with Gasteiger partial charge in [0.1, 0.15) is 5.82 Å². The Morgan fingerprint density at radius 3 is 2.55 bits per heavy atom. The lowest BCUT2D eigenvalue weighted by Crippen LogP contribution is -2.54. The molecule has 2 aromatic carbocycles. The maximum absolute atomic E-state index is 13.0. The largest absolute Gasteiger partial charge is 0.325 e. The number of hydrogen-bond acceptors (Lipinski definition) is 4. The van der Waals surface area contributed by atoms with E-state index in [0.29, 0.717) is 5.69 Å². The Bertz CT molecular complexity index is 879. The number of rotatable bonds is 4. The number of para-hydroxylation sites is 1. The smallest absolute Gasteiger partial charge is 0.241 e. The molecule has 2 N–H and O–H groups in total. The summed E-state index contributed by atoms with van der Waals surface area (Å²) in [6, 6.07) is 13.6. The molecular formula is C22H25FN4O2. The third-order valence-electron chi connectivity index (χ3n) is 5.61. The zero-order valence-electron chi connectivity index (χ0n) is 16.2. The zero-order chi connectivity index (χ0) is 20.2. The van der Waals surface area contributed by atoms with Gasteiger partial charge in [-0.1, -0.05) is 18.2 Å². The molecule has 1 atom stereocenters. The van der Waals surface area contributed by atoms with E-state index in [2.05, 4.69) is 26.5 Å². The van der Waals surface area contributed by atoms with Crippen LogP contribution in [-0.4, -0.2) is 60.4 Å². The summed E-state index contributed by atoms with van der Waals surface area (Å²) in [5.41, 5.74) is 2.68. The molecular weight excluding hydrogens is 371 g/mol. The molecule has 29 heavy (non-hydrogen) atoms. The van der Waals surface area contributed by atoms with Crippen molar-refractivity contribution in [3.05, 3.63) is 59.9 Å². The number of nitrogens with zero attached hydrogens (tertiary/aromatic N) is 2. The lowest BCUT2D eigenvalue weighted by atomic mass is 10.0. The Labute approximate surface area is 169 Å². The highest BCUT2D eigenvalue weighted by Crippen LogP contribution is 2.24. The van der Waals surface area contributed by atoms with E-state index >= 15 is 0 Å². The predicted molar refractivity (Wildman–Crippen MR) is 110 cm³/mol. The van der Waals surface area contributed by atoms with Crippen molar-refractivity contribution in [3.63, 3.8) is 0 Å². The van der Waals surface area contributed by atoms with Gasteiger partial charge in [0, 0.05) is 37.6 Å². The number of benzene rings is 2. The Balaban J connectivity index is 1.27. The van der Waals surface area contributed by atoms with Crippen LogP contribution in [0.15, 0.2) is 48.5 Å². The molecule has 0 aliphatic carbocycles. The number of hydrogen-bond donors (Lipinski definition) is 2. The molecule has 6 nitrogen and oxygen atoms in total. The average Bonchev–Trinajstić information content (AvgIpc) is 2.88. The van der Waals surface area contributed by atoms with Gasteiger partial charge in [-0.05, 0) is 48.7 Å². The topological polar surface area (TPSA) is 64.7 Å². The Kier molecular flexibility index (Phi) is 5.87. The molecule has 1 saturated heterocycles. The summed E-state index contributed by atoms with van der Waals surface area (Å²) in [5, 5.41) is 5.85. The number of aryl methyl sites for hydroxylation is 1. The van der Waals surface area contributed by atoms with Crippen molar-refractivity contribution in [1.82, 2.24) is 9.80 Å². The summed E-state index contributed by atoms with van der Waals surface area (Å²) in [5.74, 6) is -0.394. The van der Waals surface area contributed by atoms with Crippen LogP contribution in [0.25, 0.3) is 0 Å². The summed E-state index contributed by atoms with van der Waals surface area (Å²) in [7, 11) is 0.